The Morgan fingerprint density at radius 1 is 1.08 bits per heavy atom. The summed E-state index contributed by atoms with van der Waals surface area (Å²) in [6, 6.07) is 10.0. The third kappa shape index (κ3) is 7.85. The lowest BCUT2D eigenvalue weighted by molar-refractivity contribution is 0.0576. The van der Waals surface area contributed by atoms with Crippen molar-refractivity contribution >= 4 is 52.5 Å². The predicted octanol–water partition coefficient (Wildman–Crippen LogP) is 6.65. The van der Waals surface area contributed by atoms with Gasteiger partial charge in [0.1, 0.15) is 11.4 Å². The SMILES string of the molecule is Cc1cccc(CN(C(=O)OC(C)(C)C)c2cc(N3CCSCC3)cc(CSc3nc(C)c(C)s3)n2)n1. The Morgan fingerprint density at radius 2 is 1.84 bits per heavy atom. The van der Waals surface area contributed by atoms with Crippen molar-refractivity contribution in [1.29, 1.82) is 0 Å². The monoisotopic (exact) mass is 557 g/mol. The normalized spacial score (nSPS) is 14.1. The van der Waals surface area contributed by atoms with Crippen molar-refractivity contribution in [2.24, 2.45) is 0 Å². The summed E-state index contributed by atoms with van der Waals surface area (Å²) in [6.07, 6.45) is -0.431. The second-order valence-corrected chi connectivity index (χ2v) is 13.7. The maximum absolute atomic E-state index is 13.5. The van der Waals surface area contributed by atoms with Crippen molar-refractivity contribution in [2.45, 2.75) is 63.8 Å². The van der Waals surface area contributed by atoms with Crippen molar-refractivity contribution in [2.75, 3.05) is 34.4 Å². The van der Waals surface area contributed by atoms with Gasteiger partial charge in [0, 0.05) is 52.7 Å². The molecule has 4 heterocycles. The number of carbonyl (C=O) groups is 1. The number of hydrogen-bond acceptors (Lipinski definition) is 9. The number of ether oxygens (including phenoxy) is 1. The van der Waals surface area contributed by atoms with Crippen LogP contribution in [0, 0.1) is 20.8 Å². The van der Waals surface area contributed by atoms with Gasteiger partial charge in [-0.1, -0.05) is 17.8 Å². The van der Waals surface area contributed by atoms with Crippen molar-refractivity contribution in [3.63, 3.8) is 0 Å². The van der Waals surface area contributed by atoms with Gasteiger partial charge in [0.15, 0.2) is 4.34 Å². The minimum atomic E-state index is -0.629. The van der Waals surface area contributed by atoms with E-state index in [9.17, 15) is 4.79 Å². The Bertz CT molecular complexity index is 1220. The van der Waals surface area contributed by atoms with E-state index in [0.29, 0.717) is 11.6 Å². The van der Waals surface area contributed by atoms with Crippen molar-refractivity contribution < 1.29 is 9.53 Å². The van der Waals surface area contributed by atoms with Gasteiger partial charge in [0.05, 0.1) is 23.6 Å². The fourth-order valence-electron chi connectivity index (χ4n) is 3.82. The number of thiazole rings is 1. The number of nitrogens with zero attached hydrogens (tertiary/aromatic N) is 5. The first-order valence-electron chi connectivity index (χ1n) is 12.4. The van der Waals surface area contributed by atoms with Gasteiger partial charge in [0.25, 0.3) is 0 Å². The van der Waals surface area contributed by atoms with Gasteiger partial charge in [-0.05, 0) is 59.7 Å². The number of pyridine rings is 2. The molecule has 0 aromatic carbocycles. The third-order valence-corrected chi connectivity index (χ3v) is 8.93. The molecule has 3 aromatic rings. The zero-order valence-electron chi connectivity index (χ0n) is 22.4. The first-order valence-corrected chi connectivity index (χ1v) is 15.4. The molecule has 0 saturated carbocycles. The summed E-state index contributed by atoms with van der Waals surface area (Å²) in [5.41, 5.74) is 4.13. The highest BCUT2D eigenvalue weighted by Gasteiger charge is 2.26. The van der Waals surface area contributed by atoms with Crippen LogP contribution < -0.4 is 9.80 Å². The van der Waals surface area contributed by atoms with E-state index >= 15 is 0 Å². The average molecular weight is 558 g/mol. The topological polar surface area (TPSA) is 71.5 Å². The van der Waals surface area contributed by atoms with Crippen LogP contribution in [0.15, 0.2) is 34.7 Å². The summed E-state index contributed by atoms with van der Waals surface area (Å²) in [6.45, 7) is 13.9. The van der Waals surface area contributed by atoms with Gasteiger partial charge in [0.2, 0.25) is 0 Å². The zero-order valence-corrected chi connectivity index (χ0v) is 24.9. The number of aromatic nitrogens is 3. The highest BCUT2D eigenvalue weighted by atomic mass is 32.2. The molecule has 37 heavy (non-hydrogen) atoms. The van der Waals surface area contributed by atoms with E-state index in [2.05, 4.69) is 27.9 Å². The zero-order chi connectivity index (χ0) is 26.6. The van der Waals surface area contributed by atoms with Crippen LogP contribution in [0.25, 0.3) is 0 Å². The van der Waals surface area contributed by atoms with Gasteiger partial charge < -0.3 is 9.64 Å². The standard InChI is InChI=1S/C27H35N5O2S3/c1-18-8-7-9-21(28-18)16-32(26(33)34-27(4,5)6)24-15-23(31-10-12-35-13-11-31)14-22(30-24)17-36-25-29-19(2)20(3)37-25/h7-9,14-15H,10-13,16-17H2,1-6H3. The molecule has 0 atom stereocenters. The van der Waals surface area contributed by atoms with Gasteiger partial charge in [-0.15, -0.1) is 11.3 Å². The van der Waals surface area contributed by atoms with E-state index in [1.807, 2.05) is 70.6 Å². The maximum Gasteiger partial charge on any atom is 0.416 e. The molecule has 0 radical (unpaired) electrons. The number of anilines is 2. The highest BCUT2D eigenvalue weighted by Crippen LogP contribution is 2.32. The molecule has 1 aliphatic rings. The van der Waals surface area contributed by atoms with Gasteiger partial charge in [-0.25, -0.2) is 14.8 Å². The lowest BCUT2D eigenvalue weighted by atomic mass is 10.2. The van der Waals surface area contributed by atoms with E-state index in [-0.39, 0.29) is 6.54 Å². The second-order valence-electron chi connectivity index (χ2n) is 10.0. The number of amides is 1. The summed E-state index contributed by atoms with van der Waals surface area (Å²) in [5, 5.41) is 0. The van der Waals surface area contributed by atoms with Crippen molar-refractivity contribution in [3.8, 4) is 0 Å². The molecular weight excluding hydrogens is 523 g/mol. The van der Waals surface area contributed by atoms with E-state index in [1.165, 1.54) is 4.88 Å². The fourth-order valence-corrected chi connectivity index (χ4v) is 6.77. The van der Waals surface area contributed by atoms with Crippen LogP contribution in [-0.2, 0) is 17.0 Å². The summed E-state index contributed by atoms with van der Waals surface area (Å²) < 4.78 is 6.85. The maximum atomic E-state index is 13.5. The smallest absolute Gasteiger partial charge is 0.416 e. The number of hydrogen-bond donors (Lipinski definition) is 0. The molecule has 10 heteroatoms. The average Bonchev–Trinajstić information content (AvgIpc) is 3.17. The first kappa shape index (κ1) is 27.7. The molecule has 3 aromatic heterocycles. The molecule has 4 rings (SSSR count). The Morgan fingerprint density at radius 3 is 2.49 bits per heavy atom. The lowest BCUT2D eigenvalue weighted by Crippen LogP contribution is -2.38. The number of carbonyl (C=O) groups excluding carboxylic acids is 1. The number of aryl methyl sites for hydroxylation is 3. The summed E-state index contributed by atoms with van der Waals surface area (Å²) in [5.74, 6) is 3.42. The Kier molecular flexibility index (Phi) is 9.03. The molecule has 0 bridgehead atoms. The van der Waals surface area contributed by atoms with E-state index in [0.717, 1.165) is 57.4 Å². The Balaban J connectivity index is 1.70. The molecule has 0 aliphatic carbocycles. The molecular formula is C27H35N5O2S3. The van der Waals surface area contributed by atoms with E-state index < -0.39 is 11.7 Å². The van der Waals surface area contributed by atoms with Crippen LogP contribution in [0.3, 0.4) is 0 Å². The molecule has 0 spiro atoms. The highest BCUT2D eigenvalue weighted by molar-refractivity contribution is 8.00. The molecule has 7 nitrogen and oxygen atoms in total. The minimum absolute atomic E-state index is 0.278. The Labute approximate surface area is 232 Å². The molecule has 1 saturated heterocycles. The predicted molar refractivity (Wildman–Crippen MR) is 156 cm³/mol. The quantitative estimate of drug-likeness (QED) is 0.299. The minimum Gasteiger partial charge on any atom is -0.443 e. The van der Waals surface area contributed by atoms with Gasteiger partial charge in [-0.3, -0.25) is 9.88 Å². The van der Waals surface area contributed by atoms with E-state index in [4.69, 9.17) is 9.72 Å². The van der Waals surface area contributed by atoms with Gasteiger partial charge >= 0.3 is 6.09 Å². The second kappa shape index (κ2) is 12.0. The van der Waals surface area contributed by atoms with Crippen LogP contribution >= 0.6 is 34.9 Å². The molecule has 1 aliphatic heterocycles. The third-order valence-electron chi connectivity index (χ3n) is 5.73. The fraction of sp³-hybridized carbons (Fsp3) is 0.481. The summed E-state index contributed by atoms with van der Waals surface area (Å²) in [7, 11) is 0. The van der Waals surface area contributed by atoms with E-state index in [1.54, 1.807) is 28.0 Å². The first-order chi connectivity index (χ1) is 17.6. The van der Waals surface area contributed by atoms with Crippen molar-refractivity contribution in [1.82, 2.24) is 15.0 Å². The molecule has 0 N–H and O–H groups in total. The largest absolute Gasteiger partial charge is 0.443 e. The molecule has 0 unspecified atom stereocenters. The summed E-state index contributed by atoms with van der Waals surface area (Å²) in [4.78, 5) is 33.0. The van der Waals surface area contributed by atoms with Crippen LogP contribution in [-0.4, -0.2) is 51.2 Å². The Hall–Kier alpha value is -2.30. The summed E-state index contributed by atoms with van der Waals surface area (Å²) >= 11 is 5.37. The van der Waals surface area contributed by atoms with Crippen LogP contribution in [0.5, 0.6) is 0 Å². The van der Waals surface area contributed by atoms with Crippen LogP contribution in [0.1, 0.15) is 48.4 Å². The molecule has 1 fully saturated rings. The van der Waals surface area contributed by atoms with Crippen molar-refractivity contribution in [3.05, 3.63) is 58.0 Å². The number of rotatable bonds is 7. The number of thioether (sulfide) groups is 2. The lowest BCUT2D eigenvalue weighted by Gasteiger charge is -2.31. The molecule has 198 valence electrons. The van der Waals surface area contributed by atoms with Crippen LogP contribution in [0.2, 0.25) is 0 Å². The molecule has 1 amide bonds. The van der Waals surface area contributed by atoms with Crippen LogP contribution in [0.4, 0.5) is 16.3 Å². The van der Waals surface area contributed by atoms with Gasteiger partial charge in [-0.2, -0.15) is 11.8 Å².